The molecule has 0 aliphatic carbocycles. The fourth-order valence-corrected chi connectivity index (χ4v) is 2.14. The van der Waals surface area contributed by atoms with Gasteiger partial charge in [-0.1, -0.05) is 0 Å². The van der Waals surface area contributed by atoms with Crippen molar-refractivity contribution in [1.29, 1.82) is 0 Å². The fourth-order valence-electron chi connectivity index (χ4n) is 2.14. The van der Waals surface area contributed by atoms with Crippen LogP contribution in [0.2, 0.25) is 0 Å². The van der Waals surface area contributed by atoms with Crippen molar-refractivity contribution in [2.24, 2.45) is 0 Å². The minimum absolute atomic E-state index is 0.210. The molecule has 0 bridgehead atoms. The molecular weight excluding hydrogens is 234 g/mol. The number of nitrogens with zero attached hydrogens (tertiary/aromatic N) is 4. The maximum atomic E-state index is 11.4. The van der Waals surface area contributed by atoms with E-state index in [0.29, 0.717) is 0 Å². The van der Waals surface area contributed by atoms with Gasteiger partial charge in [0.15, 0.2) is 0 Å². The molecule has 1 N–H and O–H groups in total. The molecule has 1 aliphatic rings. The van der Waals surface area contributed by atoms with E-state index >= 15 is 0 Å². The van der Waals surface area contributed by atoms with Crippen LogP contribution in [0.1, 0.15) is 12.2 Å². The second kappa shape index (κ2) is 5.92. The average Bonchev–Trinajstić information content (AvgIpc) is 2.86. The van der Waals surface area contributed by atoms with Gasteiger partial charge in [0.2, 0.25) is 0 Å². The lowest BCUT2D eigenvalue weighted by Crippen LogP contribution is -2.40. The second-order valence-electron chi connectivity index (χ2n) is 4.37. The van der Waals surface area contributed by atoms with E-state index in [-0.39, 0.29) is 12.0 Å². The molecule has 0 spiro atoms. The molecule has 100 valence electrons. The molecule has 1 aromatic rings. The van der Waals surface area contributed by atoms with E-state index in [9.17, 15) is 4.79 Å². The van der Waals surface area contributed by atoms with Crippen molar-refractivity contribution < 1.29 is 9.53 Å². The molecule has 7 heteroatoms. The van der Waals surface area contributed by atoms with Crippen LogP contribution in [0.15, 0.2) is 6.33 Å². The number of rotatable bonds is 5. The summed E-state index contributed by atoms with van der Waals surface area (Å²) in [4.78, 5) is 13.7. The number of fused-ring (bicyclic) bond motifs is 1. The third-order valence-electron chi connectivity index (χ3n) is 3.29. The van der Waals surface area contributed by atoms with Gasteiger partial charge in [0.1, 0.15) is 18.2 Å². The zero-order valence-electron chi connectivity index (χ0n) is 10.8. The summed E-state index contributed by atoms with van der Waals surface area (Å²) in [5, 5.41) is 10.9. The Bertz CT molecular complexity index is 406. The van der Waals surface area contributed by atoms with Gasteiger partial charge in [-0.15, -0.1) is 10.2 Å². The van der Waals surface area contributed by atoms with Crippen molar-refractivity contribution in [3.63, 3.8) is 0 Å². The van der Waals surface area contributed by atoms with Gasteiger partial charge in [0, 0.05) is 19.6 Å². The van der Waals surface area contributed by atoms with Gasteiger partial charge >= 0.3 is 5.97 Å². The van der Waals surface area contributed by atoms with Gasteiger partial charge in [-0.2, -0.15) is 0 Å². The molecular formula is C11H19N5O2. The fraction of sp³-hybridized carbons (Fsp3) is 0.727. The molecule has 0 aromatic carbocycles. The van der Waals surface area contributed by atoms with Gasteiger partial charge in [-0.25, -0.2) is 0 Å². The maximum absolute atomic E-state index is 11.4. The summed E-state index contributed by atoms with van der Waals surface area (Å²) in [5.74, 6) is 0.776. The summed E-state index contributed by atoms with van der Waals surface area (Å²) in [5.41, 5.74) is 0. The first kappa shape index (κ1) is 13.0. The Hall–Kier alpha value is -1.47. The number of nitrogens with one attached hydrogen (secondary N) is 1. The van der Waals surface area contributed by atoms with E-state index in [4.69, 9.17) is 4.74 Å². The van der Waals surface area contributed by atoms with Crippen molar-refractivity contribution in [3.05, 3.63) is 12.2 Å². The normalized spacial score (nSPS) is 17.2. The molecule has 1 aliphatic heterocycles. The molecule has 2 heterocycles. The van der Waals surface area contributed by atoms with E-state index in [0.717, 1.165) is 38.4 Å². The van der Waals surface area contributed by atoms with Crippen LogP contribution in [-0.4, -0.2) is 58.9 Å². The zero-order valence-corrected chi connectivity index (χ0v) is 10.8. The lowest BCUT2D eigenvalue weighted by molar-refractivity contribution is -0.143. The smallest absolute Gasteiger partial charge is 0.322 e. The number of methoxy groups -OCH3 is 1. The Morgan fingerprint density at radius 2 is 2.44 bits per heavy atom. The summed E-state index contributed by atoms with van der Waals surface area (Å²) >= 11 is 0. The molecule has 0 saturated carbocycles. The Morgan fingerprint density at radius 3 is 3.17 bits per heavy atom. The van der Waals surface area contributed by atoms with Crippen molar-refractivity contribution in [2.45, 2.75) is 25.6 Å². The third kappa shape index (κ3) is 2.85. The van der Waals surface area contributed by atoms with Crippen LogP contribution >= 0.6 is 0 Å². The lowest BCUT2D eigenvalue weighted by atomic mass is 10.2. The van der Waals surface area contributed by atoms with Gasteiger partial charge in [-0.3, -0.25) is 9.69 Å². The maximum Gasteiger partial charge on any atom is 0.322 e. The Morgan fingerprint density at radius 1 is 1.61 bits per heavy atom. The number of carbonyl (C=O) groups is 1. The molecule has 0 amide bonds. The number of aromatic nitrogens is 3. The quantitative estimate of drug-likeness (QED) is 0.696. The standard InChI is InChI=1S/C11H19N5O2/c1-12-9(11(17)18-2)3-4-15-5-6-16-8-13-14-10(16)7-15/h8-9,12H,3-7H2,1-2H3. The third-order valence-corrected chi connectivity index (χ3v) is 3.29. The molecule has 7 nitrogen and oxygen atoms in total. The SMILES string of the molecule is CNC(CCN1CCn2cnnc2C1)C(=O)OC. The monoisotopic (exact) mass is 253 g/mol. The number of esters is 1. The lowest BCUT2D eigenvalue weighted by Gasteiger charge is -2.27. The van der Waals surface area contributed by atoms with Crippen LogP contribution in [0.5, 0.6) is 0 Å². The predicted octanol–water partition coefficient (Wildman–Crippen LogP) is -0.755. The Kier molecular flexibility index (Phi) is 4.27. The Labute approximate surface area is 106 Å². The van der Waals surface area contributed by atoms with Gasteiger partial charge in [-0.05, 0) is 13.5 Å². The first-order valence-corrected chi connectivity index (χ1v) is 6.08. The first-order valence-electron chi connectivity index (χ1n) is 6.08. The molecule has 1 atom stereocenters. The zero-order chi connectivity index (χ0) is 13.0. The van der Waals surface area contributed by atoms with Crippen LogP contribution in [0.3, 0.4) is 0 Å². The van der Waals surface area contributed by atoms with E-state index in [1.807, 2.05) is 0 Å². The molecule has 1 unspecified atom stereocenters. The first-order chi connectivity index (χ1) is 8.74. The van der Waals surface area contributed by atoms with Gasteiger partial charge < -0.3 is 14.6 Å². The number of carbonyl (C=O) groups excluding carboxylic acids is 1. The summed E-state index contributed by atoms with van der Waals surface area (Å²) in [6.45, 7) is 3.50. The molecule has 18 heavy (non-hydrogen) atoms. The highest BCUT2D eigenvalue weighted by atomic mass is 16.5. The van der Waals surface area contributed by atoms with E-state index in [1.165, 1.54) is 7.11 Å². The van der Waals surface area contributed by atoms with E-state index in [1.54, 1.807) is 13.4 Å². The highest BCUT2D eigenvalue weighted by Crippen LogP contribution is 2.10. The highest BCUT2D eigenvalue weighted by Gasteiger charge is 2.21. The van der Waals surface area contributed by atoms with E-state index in [2.05, 4.69) is 25.0 Å². The van der Waals surface area contributed by atoms with Crippen LogP contribution in [-0.2, 0) is 22.6 Å². The number of ether oxygens (including phenoxy) is 1. The largest absolute Gasteiger partial charge is 0.468 e. The average molecular weight is 253 g/mol. The van der Waals surface area contributed by atoms with Crippen molar-refractivity contribution in [1.82, 2.24) is 25.0 Å². The molecule has 0 radical (unpaired) electrons. The summed E-state index contributed by atoms with van der Waals surface area (Å²) < 4.78 is 6.80. The molecule has 0 saturated heterocycles. The van der Waals surface area contributed by atoms with Crippen LogP contribution < -0.4 is 5.32 Å². The number of hydrogen-bond acceptors (Lipinski definition) is 6. The summed E-state index contributed by atoms with van der Waals surface area (Å²) in [6, 6.07) is -0.241. The van der Waals surface area contributed by atoms with E-state index < -0.39 is 0 Å². The summed E-state index contributed by atoms with van der Waals surface area (Å²) in [7, 11) is 3.18. The second-order valence-corrected chi connectivity index (χ2v) is 4.37. The van der Waals surface area contributed by atoms with Gasteiger partial charge in [0.05, 0.1) is 13.7 Å². The van der Waals surface area contributed by atoms with Crippen LogP contribution in [0, 0.1) is 0 Å². The summed E-state index contributed by atoms with van der Waals surface area (Å²) in [6.07, 6.45) is 2.49. The van der Waals surface area contributed by atoms with Crippen molar-refractivity contribution >= 4 is 5.97 Å². The van der Waals surface area contributed by atoms with Crippen molar-refractivity contribution in [2.75, 3.05) is 27.2 Å². The Balaban J connectivity index is 1.83. The minimum atomic E-state index is -0.241. The topological polar surface area (TPSA) is 72.3 Å². The molecule has 1 aromatic heterocycles. The minimum Gasteiger partial charge on any atom is -0.468 e. The molecule has 2 rings (SSSR count). The van der Waals surface area contributed by atoms with Gasteiger partial charge in [0.25, 0.3) is 0 Å². The number of likely N-dealkylation sites (N-methyl/N-ethyl adjacent to an activating group) is 1. The van der Waals surface area contributed by atoms with Crippen LogP contribution in [0.25, 0.3) is 0 Å². The number of hydrogen-bond donors (Lipinski definition) is 1. The molecule has 0 fully saturated rings. The highest BCUT2D eigenvalue weighted by molar-refractivity contribution is 5.75. The van der Waals surface area contributed by atoms with Crippen molar-refractivity contribution in [3.8, 4) is 0 Å². The van der Waals surface area contributed by atoms with Crippen LogP contribution in [0.4, 0.5) is 0 Å². The predicted molar refractivity (Wildman–Crippen MR) is 64.8 cm³/mol.